The van der Waals surface area contributed by atoms with Crippen LogP contribution in [0.4, 0.5) is 5.82 Å². The second-order valence-electron chi connectivity index (χ2n) is 2.74. The quantitative estimate of drug-likeness (QED) is 0.773. The smallest absolute Gasteiger partial charge is 0.152 e. The van der Waals surface area contributed by atoms with Gasteiger partial charge in [0.15, 0.2) is 5.82 Å². The Labute approximate surface area is 82.1 Å². The van der Waals surface area contributed by atoms with E-state index in [2.05, 4.69) is 20.3 Å². The van der Waals surface area contributed by atoms with E-state index < -0.39 is 0 Å². The van der Waals surface area contributed by atoms with Crippen LogP contribution in [0.25, 0.3) is 11.3 Å². The number of hydrogen-bond acceptors (Lipinski definition) is 4. The van der Waals surface area contributed by atoms with Crippen molar-refractivity contribution in [2.75, 3.05) is 12.4 Å². The Morgan fingerprint density at radius 3 is 2.43 bits per heavy atom. The Hall–Kier alpha value is -1.97. The first-order chi connectivity index (χ1) is 6.92. The molecule has 0 unspecified atom stereocenters. The van der Waals surface area contributed by atoms with Crippen LogP contribution < -0.4 is 5.32 Å². The van der Waals surface area contributed by atoms with E-state index in [-0.39, 0.29) is 0 Å². The van der Waals surface area contributed by atoms with E-state index in [4.69, 9.17) is 0 Å². The molecule has 2 heterocycles. The molecule has 2 rings (SSSR count). The first-order valence-corrected chi connectivity index (χ1v) is 4.31. The summed E-state index contributed by atoms with van der Waals surface area (Å²) in [5, 5.41) is 3.00. The maximum Gasteiger partial charge on any atom is 0.152 e. The van der Waals surface area contributed by atoms with Crippen LogP contribution in [0.3, 0.4) is 0 Å². The highest BCUT2D eigenvalue weighted by Gasteiger charge is 2.04. The minimum Gasteiger partial charge on any atom is -0.371 e. The Kier molecular flexibility index (Phi) is 2.36. The number of aromatic nitrogens is 3. The molecule has 0 atom stereocenters. The molecule has 0 aliphatic heterocycles. The van der Waals surface area contributed by atoms with E-state index in [1.807, 2.05) is 19.2 Å². The molecule has 1 N–H and O–H groups in total. The third-order valence-electron chi connectivity index (χ3n) is 1.89. The second-order valence-corrected chi connectivity index (χ2v) is 2.74. The molecule has 0 aromatic carbocycles. The molecule has 0 saturated heterocycles. The van der Waals surface area contributed by atoms with Crippen LogP contribution >= 0.6 is 0 Å². The Bertz CT molecular complexity index is 413. The van der Waals surface area contributed by atoms with Crippen molar-refractivity contribution < 1.29 is 0 Å². The Morgan fingerprint density at radius 2 is 1.71 bits per heavy atom. The van der Waals surface area contributed by atoms with Crippen LogP contribution in [0.5, 0.6) is 0 Å². The van der Waals surface area contributed by atoms with Gasteiger partial charge in [-0.1, -0.05) is 0 Å². The summed E-state index contributed by atoms with van der Waals surface area (Å²) in [6.07, 6.45) is 6.82. The fraction of sp³-hybridized carbons (Fsp3) is 0.100. The van der Waals surface area contributed by atoms with Crippen molar-refractivity contribution >= 4 is 5.82 Å². The Morgan fingerprint density at radius 1 is 1.00 bits per heavy atom. The van der Waals surface area contributed by atoms with Gasteiger partial charge < -0.3 is 5.32 Å². The predicted molar refractivity (Wildman–Crippen MR) is 54.8 cm³/mol. The van der Waals surface area contributed by atoms with Crippen LogP contribution in [0.15, 0.2) is 36.9 Å². The van der Waals surface area contributed by atoms with Crippen molar-refractivity contribution in [2.45, 2.75) is 0 Å². The summed E-state index contributed by atoms with van der Waals surface area (Å²) in [5.41, 5.74) is 1.86. The van der Waals surface area contributed by atoms with Crippen LogP contribution in [0.2, 0.25) is 0 Å². The number of hydrogen-bond donors (Lipinski definition) is 1. The normalized spacial score (nSPS) is 9.79. The van der Waals surface area contributed by atoms with Gasteiger partial charge in [0.2, 0.25) is 0 Å². The van der Waals surface area contributed by atoms with E-state index >= 15 is 0 Å². The molecule has 0 radical (unpaired) electrons. The molecule has 0 saturated carbocycles. The lowest BCUT2D eigenvalue weighted by atomic mass is 10.2. The molecule has 2 aromatic heterocycles. The lowest BCUT2D eigenvalue weighted by Crippen LogP contribution is -1.97. The lowest BCUT2D eigenvalue weighted by Gasteiger charge is -2.05. The SMILES string of the molecule is CNc1nccnc1-c1ccncc1. The lowest BCUT2D eigenvalue weighted by molar-refractivity contribution is 1.19. The first-order valence-electron chi connectivity index (χ1n) is 4.31. The summed E-state index contributed by atoms with van der Waals surface area (Å²) >= 11 is 0. The van der Waals surface area contributed by atoms with Gasteiger partial charge in [-0.15, -0.1) is 0 Å². The van der Waals surface area contributed by atoms with Crippen molar-refractivity contribution in [3.8, 4) is 11.3 Å². The molecular weight excluding hydrogens is 176 g/mol. The summed E-state index contributed by atoms with van der Waals surface area (Å²) in [7, 11) is 1.83. The minimum atomic E-state index is 0.777. The zero-order valence-corrected chi connectivity index (χ0v) is 7.81. The molecule has 0 amide bonds. The predicted octanol–water partition coefficient (Wildman–Crippen LogP) is 1.58. The molecular formula is C10H10N4. The van der Waals surface area contributed by atoms with Gasteiger partial charge in [-0.3, -0.25) is 9.97 Å². The number of anilines is 1. The van der Waals surface area contributed by atoms with Gasteiger partial charge in [0, 0.05) is 37.4 Å². The average molecular weight is 186 g/mol. The molecule has 0 aliphatic carbocycles. The topological polar surface area (TPSA) is 50.7 Å². The van der Waals surface area contributed by atoms with Crippen molar-refractivity contribution in [3.05, 3.63) is 36.9 Å². The standard InChI is InChI=1S/C10H10N4/c1-11-10-9(13-6-7-14-10)8-2-4-12-5-3-8/h2-7H,1H3,(H,11,14). The van der Waals surface area contributed by atoms with Gasteiger partial charge in [-0.05, 0) is 12.1 Å². The molecule has 2 aromatic rings. The van der Waals surface area contributed by atoms with Crippen LogP contribution in [-0.4, -0.2) is 22.0 Å². The third-order valence-corrected chi connectivity index (χ3v) is 1.89. The highest BCUT2D eigenvalue weighted by Crippen LogP contribution is 2.21. The van der Waals surface area contributed by atoms with Crippen molar-refractivity contribution in [3.63, 3.8) is 0 Å². The number of nitrogens with one attached hydrogen (secondary N) is 1. The van der Waals surface area contributed by atoms with Gasteiger partial charge in [0.25, 0.3) is 0 Å². The van der Waals surface area contributed by atoms with E-state index in [1.165, 1.54) is 0 Å². The van der Waals surface area contributed by atoms with Crippen molar-refractivity contribution in [2.24, 2.45) is 0 Å². The van der Waals surface area contributed by atoms with E-state index in [0.717, 1.165) is 17.1 Å². The molecule has 0 bridgehead atoms. The number of nitrogens with zero attached hydrogens (tertiary/aromatic N) is 3. The van der Waals surface area contributed by atoms with E-state index in [1.54, 1.807) is 24.8 Å². The fourth-order valence-electron chi connectivity index (χ4n) is 1.24. The maximum atomic E-state index is 4.27. The van der Waals surface area contributed by atoms with E-state index in [9.17, 15) is 0 Å². The van der Waals surface area contributed by atoms with Gasteiger partial charge in [0.1, 0.15) is 5.69 Å². The summed E-state index contributed by atoms with van der Waals surface area (Å²) in [6, 6.07) is 3.82. The fourth-order valence-corrected chi connectivity index (χ4v) is 1.24. The monoisotopic (exact) mass is 186 g/mol. The Balaban J connectivity index is 2.51. The van der Waals surface area contributed by atoms with Gasteiger partial charge in [-0.25, -0.2) is 4.98 Å². The average Bonchev–Trinajstić information content (AvgIpc) is 2.30. The molecule has 4 nitrogen and oxygen atoms in total. The molecule has 70 valence electrons. The zero-order chi connectivity index (χ0) is 9.80. The van der Waals surface area contributed by atoms with Gasteiger partial charge in [-0.2, -0.15) is 0 Å². The van der Waals surface area contributed by atoms with Crippen LogP contribution in [-0.2, 0) is 0 Å². The minimum absolute atomic E-state index is 0.777. The second kappa shape index (κ2) is 3.83. The summed E-state index contributed by atoms with van der Waals surface area (Å²) in [6.45, 7) is 0. The highest BCUT2D eigenvalue weighted by atomic mass is 15.0. The van der Waals surface area contributed by atoms with Crippen LogP contribution in [0, 0.1) is 0 Å². The van der Waals surface area contributed by atoms with Crippen LogP contribution in [0.1, 0.15) is 0 Å². The van der Waals surface area contributed by atoms with Crippen molar-refractivity contribution in [1.82, 2.24) is 15.0 Å². The summed E-state index contributed by atoms with van der Waals surface area (Å²) in [5.74, 6) is 0.777. The largest absolute Gasteiger partial charge is 0.371 e. The molecule has 14 heavy (non-hydrogen) atoms. The molecule has 0 spiro atoms. The van der Waals surface area contributed by atoms with Gasteiger partial charge in [0.05, 0.1) is 0 Å². The molecule has 0 fully saturated rings. The maximum absolute atomic E-state index is 4.27. The summed E-state index contributed by atoms with van der Waals surface area (Å²) < 4.78 is 0. The summed E-state index contributed by atoms with van der Waals surface area (Å²) in [4.78, 5) is 12.4. The van der Waals surface area contributed by atoms with Gasteiger partial charge >= 0.3 is 0 Å². The zero-order valence-electron chi connectivity index (χ0n) is 7.81. The first kappa shape index (κ1) is 8.62. The molecule has 4 heteroatoms. The number of rotatable bonds is 2. The molecule has 0 aliphatic rings. The number of pyridine rings is 1. The third kappa shape index (κ3) is 1.54. The van der Waals surface area contributed by atoms with Crippen molar-refractivity contribution in [1.29, 1.82) is 0 Å². The highest BCUT2D eigenvalue weighted by molar-refractivity contribution is 5.70. The van der Waals surface area contributed by atoms with E-state index in [0.29, 0.717) is 0 Å².